The van der Waals surface area contributed by atoms with Gasteiger partial charge in [-0.15, -0.1) is 0 Å². The van der Waals surface area contributed by atoms with Crippen molar-refractivity contribution in [1.82, 2.24) is 19.9 Å². The van der Waals surface area contributed by atoms with E-state index in [1.165, 1.54) is 6.20 Å². The van der Waals surface area contributed by atoms with E-state index in [0.717, 1.165) is 11.3 Å². The number of hydrogen-bond acceptors (Lipinski definition) is 9. The molecule has 0 unspecified atom stereocenters. The van der Waals surface area contributed by atoms with Crippen molar-refractivity contribution in [2.45, 2.75) is 6.92 Å². The average molecular weight is 442 g/mol. The summed E-state index contributed by atoms with van der Waals surface area (Å²) in [7, 11) is 1.58. The summed E-state index contributed by atoms with van der Waals surface area (Å²) in [5, 5.41) is 6.23. The number of methoxy groups -OCH3 is 1. The Bertz CT molecular complexity index is 1240. The number of rotatable bonds is 8. The third-order valence-corrected chi connectivity index (χ3v) is 4.60. The number of nitrogens with zero attached hydrogens (tertiary/aromatic N) is 4. The third-order valence-electron chi connectivity index (χ3n) is 4.60. The van der Waals surface area contributed by atoms with Crippen LogP contribution in [-0.4, -0.2) is 39.6 Å². The first-order valence-electron chi connectivity index (χ1n) is 10.3. The highest BCUT2D eigenvalue weighted by molar-refractivity contribution is 5.96. The summed E-state index contributed by atoms with van der Waals surface area (Å²) in [6, 6.07) is 16.7. The Hall–Kier alpha value is -4.53. The number of anilines is 4. The lowest BCUT2D eigenvalue weighted by molar-refractivity contribution is 0.0526. The molecule has 3 aromatic heterocycles. The van der Waals surface area contributed by atoms with Gasteiger partial charge in [0.05, 0.1) is 25.1 Å². The molecule has 0 saturated heterocycles. The fraction of sp³-hybridized carbons (Fsp3) is 0.125. The standard InChI is InChI=1S/C24H22N6O3/c1-3-33-23(31)17-15-27-24(29-20-12-5-7-14-26-20)30-22(17)28-19-11-8-9-16(21(19)32-2)18-10-4-6-13-25-18/h4-15H,3H2,1-2H3,(H2,26,27,28,29,30). The van der Waals surface area contributed by atoms with E-state index in [1.807, 2.05) is 48.5 Å². The molecular formula is C24H22N6O3. The van der Waals surface area contributed by atoms with Gasteiger partial charge in [-0.2, -0.15) is 4.98 Å². The second-order valence-electron chi connectivity index (χ2n) is 6.74. The van der Waals surface area contributed by atoms with Gasteiger partial charge in [-0.05, 0) is 43.3 Å². The summed E-state index contributed by atoms with van der Waals surface area (Å²) in [5.74, 6) is 1.12. The monoisotopic (exact) mass is 442 g/mol. The number of ether oxygens (including phenoxy) is 2. The second kappa shape index (κ2) is 10.2. The lowest BCUT2D eigenvalue weighted by Crippen LogP contribution is -2.12. The number of esters is 1. The number of benzene rings is 1. The van der Waals surface area contributed by atoms with Crippen molar-refractivity contribution in [3.8, 4) is 17.0 Å². The van der Waals surface area contributed by atoms with Crippen LogP contribution in [0, 0.1) is 0 Å². The van der Waals surface area contributed by atoms with Gasteiger partial charge in [-0.25, -0.2) is 14.8 Å². The number of aromatic nitrogens is 4. The molecule has 0 aliphatic carbocycles. The topological polar surface area (TPSA) is 111 Å². The van der Waals surface area contributed by atoms with Crippen LogP contribution in [0.1, 0.15) is 17.3 Å². The lowest BCUT2D eigenvalue weighted by atomic mass is 10.1. The Balaban J connectivity index is 1.74. The van der Waals surface area contributed by atoms with E-state index in [-0.39, 0.29) is 23.9 Å². The fourth-order valence-corrected chi connectivity index (χ4v) is 3.15. The fourth-order valence-electron chi connectivity index (χ4n) is 3.15. The molecule has 0 bridgehead atoms. The van der Waals surface area contributed by atoms with Crippen LogP contribution in [0.2, 0.25) is 0 Å². The van der Waals surface area contributed by atoms with Crippen LogP contribution in [0.3, 0.4) is 0 Å². The van der Waals surface area contributed by atoms with Crippen molar-refractivity contribution in [1.29, 1.82) is 0 Å². The highest BCUT2D eigenvalue weighted by Crippen LogP contribution is 2.37. The van der Waals surface area contributed by atoms with Gasteiger partial charge in [0.2, 0.25) is 5.95 Å². The van der Waals surface area contributed by atoms with Gasteiger partial charge < -0.3 is 20.1 Å². The van der Waals surface area contributed by atoms with Gasteiger partial charge in [0, 0.05) is 24.2 Å². The Kier molecular flexibility index (Phi) is 6.70. The quantitative estimate of drug-likeness (QED) is 0.378. The maximum absolute atomic E-state index is 12.6. The van der Waals surface area contributed by atoms with Crippen LogP contribution in [0.25, 0.3) is 11.3 Å². The number of hydrogen-bond donors (Lipinski definition) is 2. The molecule has 0 amide bonds. The minimum absolute atomic E-state index is 0.189. The highest BCUT2D eigenvalue weighted by atomic mass is 16.5. The second-order valence-corrected chi connectivity index (χ2v) is 6.74. The van der Waals surface area contributed by atoms with Gasteiger partial charge in [0.1, 0.15) is 11.4 Å². The summed E-state index contributed by atoms with van der Waals surface area (Å²) in [4.78, 5) is 29.9. The minimum atomic E-state index is -0.538. The normalized spacial score (nSPS) is 10.4. The van der Waals surface area contributed by atoms with Crippen molar-refractivity contribution in [2.24, 2.45) is 0 Å². The first-order valence-corrected chi connectivity index (χ1v) is 10.3. The van der Waals surface area contributed by atoms with E-state index in [9.17, 15) is 4.79 Å². The largest absolute Gasteiger partial charge is 0.494 e. The summed E-state index contributed by atoms with van der Waals surface area (Å²) in [6.07, 6.45) is 4.78. The molecule has 0 aliphatic rings. The number of pyridine rings is 2. The molecule has 1 aromatic carbocycles. The summed E-state index contributed by atoms with van der Waals surface area (Å²) in [5.41, 5.74) is 2.34. The molecule has 0 atom stereocenters. The molecule has 9 nitrogen and oxygen atoms in total. The average Bonchev–Trinajstić information content (AvgIpc) is 2.85. The molecular weight excluding hydrogens is 420 g/mol. The molecule has 33 heavy (non-hydrogen) atoms. The Morgan fingerprint density at radius 1 is 0.939 bits per heavy atom. The van der Waals surface area contributed by atoms with E-state index in [1.54, 1.807) is 32.5 Å². The molecule has 0 aliphatic heterocycles. The highest BCUT2D eigenvalue weighted by Gasteiger charge is 2.19. The first-order chi connectivity index (χ1) is 16.2. The lowest BCUT2D eigenvalue weighted by Gasteiger charge is -2.16. The molecule has 3 heterocycles. The molecule has 0 saturated carbocycles. The van der Waals surface area contributed by atoms with E-state index in [0.29, 0.717) is 17.3 Å². The molecule has 9 heteroatoms. The van der Waals surface area contributed by atoms with Gasteiger partial charge in [0.15, 0.2) is 11.6 Å². The SMILES string of the molecule is CCOC(=O)c1cnc(Nc2ccccn2)nc1Nc1cccc(-c2ccccn2)c1OC. The van der Waals surface area contributed by atoms with Crippen LogP contribution in [0.5, 0.6) is 5.75 Å². The number of carbonyl (C=O) groups excluding carboxylic acids is 1. The molecule has 0 fully saturated rings. The van der Waals surface area contributed by atoms with E-state index in [2.05, 4.69) is 30.6 Å². The zero-order valence-electron chi connectivity index (χ0n) is 18.1. The van der Waals surface area contributed by atoms with Gasteiger partial charge >= 0.3 is 5.97 Å². The van der Waals surface area contributed by atoms with E-state index >= 15 is 0 Å². The van der Waals surface area contributed by atoms with Gasteiger partial charge in [-0.3, -0.25) is 4.98 Å². The minimum Gasteiger partial charge on any atom is -0.494 e. The summed E-state index contributed by atoms with van der Waals surface area (Å²) in [6.45, 7) is 1.97. The van der Waals surface area contributed by atoms with Gasteiger partial charge in [-0.1, -0.05) is 18.2 Å². The molecule has 166 valence electrons. The van der Waals surface area contributed by atoms with Crippen molar-refractivity contribution in [3.63, 3.8) is 0 Å². The first kappa shape index (κ1) is 21.7. The van der Waals surface area contributed by atoms with Crippen molar-refractivity contribution < 1.29 is 14.3 Å². The maximum Gasteiger partial charge on any atom is 0.343 e. The Morgan fingerprint density at radius 3 is 2.45 bits per heavy atom. The molecule has 4 rings (SSSR count). The van der Waals surface area contributed by atoms with Crippen molar-refractivity contribution in [3.05, 3.63) is 78.8 Å². The summed E-state index contributed by atoms with van der Waals surface area (Å²) >= 11 is 0. The van der Waals surface area contributed by atoms with Crippen molar-refractivity contribution in [2.75, 3.05) is 24.4 Å². The van der Waals surface area contributed by atoms with E-state index in [4.69, 9.17) is 9.47 Å². The van der Waals surface area contributed by atoms with Crippen LogP contribution >= 0.6 is 0 Å². The molecule has 0 radical (unpaired) electrons. The number of para-hydroxylation sites is 1. The molecule has 0 spiro atoms. The zero-order valence-corrected chi connectivity index (χ0v) is 18.1. The van der Waals surface area contributed by atoms with Crippen LogP contribution in [0.4, 0.5) is 23.3 Å². The predicted octanol–water partition coefficient (Wildman–Crippen LogP) is 4.61. The Morgan fingerprint density at radius 2 is 1.76 bits per heavy atom. The predicted molar refractivity (Wildman–Crippen MR) is 125 cm³/mol. The zero-order chi connectivity index (χ0) is 23.0. The molecule has 2 N–H and O–H groups in total. The summed E-state index contributed by atoms with van der Waals surface area (Å²) < 4.78 is 10.9. The van der Waals surface area contributed by atoms with Gasteiger partial charge in [0.25, 0.3) is 0 Å². The maximum atomic E-state index is 12.6. The van der Waals surface area contributed by atoms with Crippen LogP contribution < -0.4 is 15.4 Å². The van der Waals surface area contributed by atoms with Crippen molar-refractivity contribution >= 4 is 29.2 Å². The third kappa shape index (κ3) is 5.04. The number of carbonyl (C=O) groups is 1. The molecule has 4 aromatic rings. The smallest absolute Gasteiger partial charge is 0.343 e. The Labute approximate surface area is 190 Å². The number of nitrogens with one attached hydrogen (secondary N) is 2. The van der Waals surface area contributed by atoms with Crippen LogP contribution in [-0.2, 0) is 4.74 Å². The van der Waals surface area contributed by atoms with E-state index < -0.39 is 5.97 Å². The van der Waals surface area contributed by atoms with Crippen LogP contribution in [0.15, 0.2) is 73.2 Å².